The van der Waals surface area contributed by atoms with Crippen molar-refractivity contribution in [1.82, 2.24) is 5.32 Å². The number of benzene rings is 2. The van der Waals surface area contributed by atoms with Gasteiger partial charge in [-0.2, -0.15) is 0 Å². The number of hydrogen-bond acceptors (Lipinski definition) is 2. The second kappa shape index (κ2) is 7.62. The van der Waals surface area contributed by atoms with Gasteiger partial charge in [0.2, 0.25) is 0 Å². The number of hydrogen-bond donors (Lipinski definition) is 1. The van der Waals surface area contributed by atoms with Crippen molar-refractivity contribution in [3.05, 3.63) is 63.6 Å². The van der Waals surface area contributed by atoms with E-state index in [1.807, 2.05) is 19.1 Å². The molecule has 2 aromatic carbocycles. The van der Waals surface area contributed by atoms with E-state index in [0.717, 1.165) is 16.8 Å². The van der Waals surface area contributed by atoms with Crippen molar-refractivity contribution in [1.29, 1.82) is 0 Å². The van der Waals surface area contributed by atoms with Gasteiger partial charge in [0, 0.05) is 10.0 Å². The van der Waals surface area contributed by atoms with Gasteiger partial charge in [-0.15, -0.1) is 0 Å². The molecule has 2 nitrogen and oxygen atoms in total. The fourth-order valence-corrected chi connectivity index (χ4v) is 3.17. The molecule has 0 bridgehead atoms. The first kappa shape index (κ1) is 16.1. The van der Waals surface area contributed by atoms with Crippen LogP contribution in [0, 0.1) is 6.92 Å². The molecule has 0 aliphatic rings. The van der Waals surface area contributed by atoms with Crippen LogP contribution in [0.15, 0.2) is 46.9 Å². The molecule has 0 aliphatic carbocycles. The lowest BCUT2D eigenvalue weighted by Crippen LogP contribution is -2.22. The Bertz CT molecular complexity index is 577. The van der Waals surface area contributed by atoms with Gasteiger partial charge in [0.1, 0.15) is 5.75 Å². The van der Waals surface area contributed by atoms with E-state index in [4.69, 9.17) is 4.74 Å². The third-order valence-corrected chi connectivity index (χ3v) is 3.79. The summed E-state index contributed by atoms with van der Waals surface area (Å²) >= 11 is 3.60. The number of rotatable bonds is 6. The van der Waals surface area contributed by atoms with Crippen LogP contribution in [0.1, 0.15) is 36.6 Å². The smallest absolute Gasteiger partial charge is 0.124 e. The maximum Gasteiger partial charge on any atom is 0.124 e. The Kier molecular flexibility index (Phi) is 5.83. The zero-order chi connectivity index (χ0) is 15.2. The number of aryl methyl sites for hydroxylation is 1. The fourth-order valence-electron chi connectivity index (χ4n) is 2.55. The molecular formula is C18H22BrNO. The first-order valence-electron chi connectivity index (χ1n) is 7.37. The number of nitrogens with one attached hydrogen (secondary N) is 1. The van der Waals surface area contributed by atoms with Gasteiger partial charge < -0.3 is 10.1 Å². The van der Waals surface area contributed by atoms with E-state index in [1.165, 1.54) is 16.7 Å². The van der Waals surface area contributed by atoms with Gasteiger partial charge >= 0.3 is 0 Å². The maximum absolute atomic E-state index is 5.79. The van der Waals surface area contributed by atoms with E-state index in [2.05, 4.69) is 65.4 Å². The summed E-state index contributed by atoms with van der Waals surface area (Å²) in [4.78, 5) is 0. The van der Waals surface area contributed by atoms with Crippen molar-refractivity contribution in [2.75, 3.05) is 13.2 Å². The predicted octanol–water partition coefficient (Wildman–Crippen LogP) is 4.86. The highest BCUT2D eigenvalue weighted by Gasteiger charge is 2.17. The third kappa shape index (κ3) is 4.08. The van der Waals surface area contributed by atoms with E-state index in [0.29, 0.717) is 6.61 Å². The summed E-state index contributed by atoms with van der Waals surface area (Å²) < 4.78 is 6.90. The van der Waals surface area contributed by atoms with Crippen molar-refractivity contribution in [3.8, 4) is 5.75 Å². The van der Waals surface area contributed by atoms with Crippen molar-refractivity contribution in [2.24, 2.45) is 0 Å². The maximum atomic E-state index is 5.79. The Morgan fingerprint density at radius 3 is 2.57 bits per heavy atom. The average molecular weight is 348 g/mol. The van der Waals surface area contributed by atoms with Crippen molar-refractivity contribution in [3.63, 3.8) is 0 Å². The lowest BCUT2D eigenvalue weighted by atomic mass is 9.96. The SMILES string of the molecule is CCNC(c1cc(C)cc(Br)c1)c1ccccc1OCC. The van der Waals surface area contributed by atoms with E-state index >= 15 is 0 Å². The minimum Gasteiger partial charge on any atom is -0.494 e. The zero-order valence-electron chi connectivity index (χ0n) is 12.8. The molecule has 0 amide bonds. The standard InChI is InChI=1S/C18H22BrNO/c1-4-20-18(14-10-13(3)11-15(19)12-14)16-8-6-7-9-17(16)21-5-2/h6-12,18,20H,4-5H2,1-3H3. The van der Waals surface area contributed by atoms with Crippen LogP contribution in [0.25, 0.3) is 0 Å². The van der Waals surface area contributed by atoms with Crippen LogP contribution in [0.3, 0.4) is 0 Å². The Balaban J connectivity index is 2.48. The number of para-hydroxylation sites is 1. The minimum atomic E-state index is 0.133. The Hall–Kier alpha value is -1.32. The van der Waals surface area contributed by atoms with Crippen LogP contribution in [0.5, 0.6) is 5.75 Å². The molecule has 2 aromatic rings. The monoisotopic (exact) mass is 347 g/mol. The van der Waals surface area contributed by atoms with Gasteiger partial charge in [-0.3, -0.25) is 0 Å². The largest absolute Gasteiger partial charge is 0.494 e. The number of ether oxygens (including phenoxy) is 1. The van der Waals surface area contributed by atoms with Crippen molar-refractivity contribution < 1.29 is 4.74 Å². The van der Waals surface area contributed by atoms with Gasteiger partial charge in [0.15, 0.2) is 0 Å². The highest BCUT2D eigenvalue weighted by molar-refractivity contribution is 9.10. The summed E-state index contributed by atoms with van der Waals surface area (Å²) in [5.74, 6) is 0.948. The van der Waals surface area contributed by atoms with Gasteiger partial charge in [-0.05, 0) is 49.7 Å². The second-order valence-corrected chi connectivity index (χ2v) is 5.94. The lowest BCUT2D eigenvalue weighted by Gasteiger charge is -2.22. The molecule has 0 saturated heterocycles. The van der Waals surface area contributed by atoms with E-state index in [9.17, 15) is 0 Å². The zero-order valence-corrected chi connectivity index (χ0v) is 14.4. The first-order valence-corrected chi connectivity index (χ1v) is 8.17. The molecule has 0 heterocycles. The molecule has 0 aromatic heterocycles. The molecule has 1 unspecified atom stereocenters. The molecule has 0 spiro atoms. The van der Waals surface area contributed by atoms with Crippen LogP contribution in [0.4, 0.5) is 0 Å². The summed E-state index contributed by atoms with van der Waals surface area (Å²) in [6.45, 7) is 7.83. The number of halogens is 1. The van der Waals surface area contributed by atoms with Crippen LogP contribution in [-0.2, 0) is 0 Å². The molecule has 3 heteroatoms. The second-order valence-electron chi connectivity index (χ2n) is 5.02. The summed E-state index contributed by atoms with van der Waals surface area (Å²) in [6, 6.07) is 14.9. The topological polar surface area (TPSA) is 21.3 Å². The third-order valence-electron chi connectivity index (χ3n) is 3.34. The van der Waals surface area contributed by atoms with E-state index in [-0.39, 0.29) is 6.04 Å². The van der Waals surface area contributed by atoms with E-state index < -0.39 is 0 Å². The highest BCUT2D eigenvalue weighted by atomic mass is 79.9. The highest BCUT2D eigenvalue weighted by Crippen LogP contribution is 2.31. The molecule has 2 rings (SSSR count). The molecular weight excluding hydrogens is 326 g/mol. The first-order chi connectivity index (χ1) is 10.2. The molecule has 0 aliphatic heterocycles. The van der Waals surface area contributed by atoms with Crippen LogP contribution in [0.2, 0.25) is 0 Å². The Morgan fingerprint density at radius 1 is 1.14 bits per heavy atom. The van der Waals surface area contributed by atoms with Gasteiger partial charge in [0.25, 0.3) is 0 Å². The molecule has 112 valence electrons. The predicted molar refractivity (Wildman–Crippen MR) is 92.0 cm³/mol. The molecule has 0 radical (unpaired) electrons. The van der Waals surface area contributed by atoms with Crippen LogP contribution < -0.4 is 10.1 Å². The fraction of sp³-hybridized carbons (Fsp3) is 0.333. The summed E-state index contributed by atoms with van der Waals surface area (Å²) in [6.07, 6.45) is 0. The van der Waals surface area contributed by atoms with Gasteiger partial charge in [0.05, 0.1) is 12.6 Å². The summed E-state index contributed by atoms with van der Waals surface area (Å²) in [7, 11) is 0. The van der Waals surface area contributed by atoms with Crippen molar-refractivity contribution >= 4 is 15.9 Å². The average Bonchev–Trinajstić information content (AvgIpc) is 2.45. The Morgan fingerprint density at radius 2 is 1.90 bits per heavy atom. The summed E-state index contributed by atoms with van der Waals surface area (Å²) in [5, 5.41) is 3.57. The van der Waals surface area contributed by atoms with Gasteiger partial charge in [-0.1, -0.05) is 47.1 Å². The lowest BCUT2D eigenvalue weighted by molar-refractivity contribution is 0.333. The van der Waals surface area contributed by atoms with E-state index in [1.54, 1.807) is 0 Å². The van der Waals surface area contributed by atoms with Crippen LogP contribution >= 0.6 is 15.9 Å². The molecule has 21 heavy (non-hydrogen) atoms. The molecule has 0 saturated carbocycles. The van der Waals surface area contributed by atoms with Gasteiger partial charge in [-0.25, -0.2) is 0 Å². The normalized spacial score (nSPS) is 12.2. The molecule has 1 N–H and O–H groups in total. The Labute approximate surface area is 135 Å². The van der Waals surface area contributed by atoms with Crippen LogP contribution in [-0.4, -0.2) is 13.2 Å². The quantitative estimate of drug-likeness (QED) is 0.805. The van der Waals surface area contributed by atoms with Crippen molar-refractivity contribution in [2.45, 2.75) is 26.8 Å². The molecule has 0 fully saturated rings. The summed E-state index contributed by atoms with van der Waals surface area (Å²) in [5.41, 5.74) is 3.67. The molecule has 1 atom stereocenters. The minimum absolute atomic E-state index is 0.133.